The Kier molecular flexibility index (Phi) is 25.1. The van der Waals surface area contributed by atoms with Gasteiger partial charge in [-0.15, -0.1) is 0 Å². The molecule has 0 aliphatic rings. The molecule has 0 N–H and O–H groups in total. The van der Waals surface area contributed by atoms with E-state index in [1.165, 1.54) is 44.9 Å². The second kappa shape index (κ2) is 19.6. The Morgan fingerprint density at radius 2 is 1.25 bits per heavy atom. The molecule has 0 amide bonds. The third-order valence-corrected chi connectivity index (χ3v) is 3.93. The molecule has 0 spiro atoms. The van der Waals surface area contributed by atoms with Gasteiger partial charge in [0.1, 0.15) is 0 Å². The van der Waals surface area contributed by atoms with E-state index >= 15 is 0 Å². The van der Waals surface area contributed by atoms with Crippen molar-refractivity contribution in [2.24, 2.45) is 17.8 Å². The van der Waals surface area contributed by atoms with Gasteiger partial charge in [0.2, 0.25) is 0 Å². The Morgan fingerprint density at radius 3 is 1.60 bits per heavy atom. The third-order valence-electron chi connectivity index (χ3n) is 3.93. The van der Waals surface area contributed by atoms with Gasteiger partial charge in [0.15, 0.2) is 0 Å². The molecule has 0 bridgehead atoms. The second-order valence-electron chi connectivity index (χ2n) is 6.46. The van der Waals surface area contributed by atoms with Crippen LogP contribution in [0.2, 0.25) is 0 Å². The van der Waals surface area contributed by atoms with Crippen molar-refractivity contribution in [3.05, 3.63) is 12.8 Å². The maximum atomic E-state index is 2.41. The fraction of sp³-hybridized carbons (Fsp3) is 0.895. The van der Waals surface area contributed by atoms with E-state index in [9.17, 15) is 0 Å². The fourth-order valence-corrected chi connectivity index (χ4v) is 2.00. The minimum Gasteiger partial charge on any atom is -0.332 e. The standard InChI is InChI=1S/C13H27.C6H13.Zn/c1-6-7-8-12(4)13(5)10-9-11(2)3;1-3-5-6-4-2;/h6,11-13H,7-10H2,1-5H3;3H,4-6H2,1-2H3;/q2*-1;+2. The van der Waals surface area contributed by atoms with Crippen molar-refractivity contribution in [1.29, 1.82) is 0 Å². The van der Waals surface area contributed by atoms with Crippen LogP contribution in [-0.4, -0.2) is 0 Å². The normalized spacial score (nSPS) is 13.2. The van der Waals surface area contributed by atoms with Crippen LogP contribution in [0.4, 0.5) is 0 Å². The average Bonchev–Trinajstić information content (AvgIpc) is 2.40. The summed E-state index contributed by atoms with van der Waals surface area (Å²) in [6.45, 7) is 15.9. The molecule has 20 heavy (non-hydrogen) atoms. The van der Waals surface area contributed by atoms with Crippen LogP contribution in [0.1, 0.15) is 93.4 Å². The van der Waals surface area contributed by atoms with E-state index in [4.69, 9.17) is 0 Å². The first-order chi connectivity index (χ1) is 8.99. The minimum atomic E-state index is 0. The van der Waals surface area contributed by atoms with Crippen molar-refractivity contribution < 1.29 is 19.5 Å². The molecule has 0 aliphatic carbocycles. The number of hydrogen-bond acceptors (Lipinski definition) is 0. The summed E-state index contributed by atoms with van der Waals surface area (Å²) in [5.74, 6) is 2.67. The topological polar surface area (TPSA) is 0 Å². The van der Waals surface area contributed by atoms with Crippen molar-refractivity contribution in [3.8, 4) is 0 Å². The summed E-state index contributed by atoms with van der Waals surface area (Å²) in [5.41, 5.74) is 0. The van der Waals surface area contributed by atoms with Gasteiger partial charge in [-0.05, 0) is 17.8 Å². The van der Waals surface area contributed by atoms with Crippen molar-refractivity contribution in [2.75, 3.05) is 0 Å². The van der Waals surface area contributed by atoms with Crippen LogP contribution in [0.15, 0.2) is 0 Å². The summed E-state index contributed by atoms with van der Waals surface area (Å²) in [6.07, 6.45) is 13.9. The molecule has 0 nitrogen and oxygen atoms in total. The molecular formula is C19H40Zn. The molecule has 2 atom stereocenters. The molecule has 0 aliphatic heterocycles. The molecule has 0 saturated carbocycles. The Balaban J connectivity index is -0.000000352. The van der Waals surface area contributed by atoms with Gasteiger partial charge in [-0.2, -0.15) is 26.7 Å². The van der Waals surface area contributed by atoms with Gasteiger partial charge >= 0.3 is 19.5 Å². The number of unbranched alkanes of at least 4 members (excludes halogenated alkanes) is 4. The smallest absolute Gasteiger partial charge is 0.332 e. The van der Waals surface area contributed by atoms with Gasteiger partial charge < -0.3 is 12.8 Å². The number of hydrogen-bond donors (Lipinski definition) is 0. The van der Waals surface area contributed by atoms with E-state index < -0.39 is 0 Å². The van der Waals surface area contributed by atoms with Crippen molar-refractivity contribution >= 4 is 0 Å². The van der Waals surface area contributed by atoms with Crippen LogP contribution in [0, 0.1) is 30.6 Å². The fourth-order valence-electron chi connectivity index (χ4n) is 2.00. The molecule has 1 heteroatoms. The summed E-state index contributed by atoms with van der Waals surface area (Å²) in [7, 11) is 0. The molecule has 118 valence electrons. The molecule has 0 heterocycles. The molecule has 0 aromatic carbocycles. The van der Waals surface area contributed by atoms with Gasteiger partial charge in [0.05, 0.1) is 0 Å². The molecular weight excluding hydrogens is 294 g/mol. The molecule has 0 rings (SSSR count). The van der Waals surface area contributed by atoms with Crippen LogP contribution in [0.25, 0.3) is 0 Å². The maximum Gasteiger partial charge on any atom is 2.00 e. The van der Waals surface area contributed by atoms with Gasteiger partial charge in [-0.3, -0.25) is 0 Å². The molecule has 0 radical (unpaired) electrons. The Hall–Kier alpha value is 0.623. The number of rotatable bonds is 10. The first-order valence-corrected chi connectivity index (χ1v) is 8.55. The summed E-state index contributed by atoms with van der Waals surface area (Å²) in [4.78, 5) is 0. The van der Waals surface area contributed by atoms with E-state index in [0.29, 0.717) is 0 Å². The van der Waals surface area contributed by atoms with E-state index in [1.54, 1.807) is 0 Å². The molecule has 2 unspecified atom stereocenters. The Bertz CT molecular complexity index is 150. The van der Waals surface area contributed by atoms with Crippen LogP contribution in [0.5, 0.6) is 0 Å². The molecule has 0 aromatic rings. The molecule has 0 saturated heterocycles. The SMILES string of the molecule is C[CH-]CCC(C)C(C)CCC(C)C.C[CH-]CCCC.[Zn+2]. The Labute approximate surface area is 143 Å². The zero-order chi connectivity index (χ0) is 15.1. The quantitative estimate of drug-likeness (QED) is 0.227. The predicted octanol–water partition coefficient (Wildman–Crippen LogP) is 7.10. The van der Waals surface area contributed by atoms with Crippen molar-refractivity contribution in [2.45, 2.75) is 93.4 Å². The monoisotopic (exact) mass is 332 g/mol. The van der Waals surface area contributed by atoms with Crippen LogP contribution in [-0.2, 0) is 19.5 Å². The minimum absolute atomic E-state index is 0. The van der Waals surface area contributed by atoms with Gasteiger partial charge in [-0.1, -0.05) is 66.7 Å². The largest absolute Gasteiger partial charge is 2.00 e. The average molecular weight is 334 g/mol. The maximum absolute atomic E-state index is 2.41. The van der Waals surface area contributed by atoms with Crippen LogP contribution >= 0.6 is 0 Å². The first-order valence-electron chi connectivity index (χ1n) is 8.55. The molecule has 0 aromatic heterocycles. The van der Waals surface area contributed by atoms with E-state index in [0.717, 1.165) is 17.8 Å². The zero-order valence-corrected chi connectivity index (χ0v) is 18.5. The van der Waals surface area contributed by atoms with Gasteiger partial charge in [0, 0.05) is 0 Å². The molecule has 0 fully saturated rings. The Morgan fingerprint density at radius 1 is 0.750 bits per heavy atom. The van der Waals surface area contributed by atoms with Crippen LogP contribution < -0.4 is 0 Å². The van der Waals surface area contributed by atoms with Crippen molar-refractivity contribution in [1.82, 2.24) is 0 Å². The first kappa shape index (κ1) is 25.6. The van der Waals surface area contributed by atoms with Crippen molar-refractivity contribution in [3.63, 3.8) is 0 Å². The van der Waals surface area contributed by atoms with E-state index in [1.807, 2.05) is 0 Å². The summed E-state index contributed by atoms with van der Waals surface area (Å²) >= 11 is 0. The second-order valence-corrected chi connectivity index (χ2v) is 6.46. The summed E-state index contributed by atoms with van der Waals surface area (Å²) in [6, 6.07) is 0. The van der Waals surface area contributed by atoms with E-state index in [-0.39, 0.29) is 19.5 Å². The van der Waals surface area contributed by atoms with Gasteiger partial charge in [-0.25, -0.2) is 0 Å². The zero-order valence-electron chi connectivity index (χ0n) is 15.5. The van der Waals surface area contributed by atoms with Crippen LogP contribution in [0.3, 0.4) is 0 Å². The summed E-state index contributed by atoms with van der Waals surface area (Å²) in [5, 5.41) is 0. The summed E-state index contributed by atoms with van der Waals surface area (Å²) < 4.78 is 0. The van der Waals surface area contributed by atoms with E-state index in [2.05, 4.69) is 61.3 Å². The third kappa shape index (κ3) is 20.9. The predicted molar refractivity (Wildman–Crippen MR) is 91.1 cm³/mol. The van der Waals surface area contributed by atoms with Gasteiger partial charge in [0.25, 0.3) is 0 Å².